The van der Waals surface area contributed by atoms with Gasteiger partial charge in [0, 0.05) is 73.7 Å². The summed E-state index contributed by atoms with van der Waals surface area (Å²) in [6, 6.07) is 5.04. The number of carbonyl (C=O) groups is 1. The molecule has 6 rings (SSSR count). The Bertz CT molecular complexity index is 1530. The van der Waals surface area contributed by atoms with Crippen LogP contribution in [-0.2, 0) is 6.54 Å². The summed E-state index contributed by atoms with van der Waals surface area (Å²) >= 11 is 0. The van der Waals surface area contributed by atoms with Crippen LogP contribution in [0.25, 0.3) is 16.6 Å². The number of amides is 1. The lowest BCUT2D eigenvalue weighted by Gasteiger charge is -2.30. The zero-order chi connectivity index (χ0) is 23.9. The Balaban J connectivity index is 1.38. The van der Waals surface area contributed by atoms with Crippen molar-refractivity contribution in [1.82, 2.24) is 34.7 Å². The summed E-state index contributed by atoms with van der Waals surface area (Å²) in [6.45, 7) is 5.86. The Morgan fingerprint density at radius 2 is 2.06 bits per heavy atom. The maximum absolute atomic E-state index is 14.5. The zero-order valence-corrected chi connectivity index (χ0v) is 19.1. The van der Waals surface area contributed by atoms with Crippen molar-refractivity contribution >= 4 is 33.8 Å². The number of H-pyrrole nitrogens is 1. The molecule has 1 saturated heterocycles. The molecule has 1 aliphatic rings. The van der Waals surface area contributed by atoms with Crippen molar-refractivity contribution in [1.29, 1.82) is 0 Å². The zero-order valence-electron chi connectivity index (χ0n) is 19.1. The molecule has 0 saturated carbocycles. The van der Waals surface area contributed by atoms with Gasteiger partial charge < -0.3 is 19.9 Å². The van der Waals surface area contributed by atoms with Gasteiger partial charge in [0.05, 0.1) is 29.7 Å². The fourth-order valence-corrected chi connectivity index (χ4v) is 4.58. The van der Waals surface area contributed by atoms with E-state index in [0.717, 1.165) is 42.8 Å². The highest BCUT2D eigenvalue weighted by atomic mass is 19.1. The maximum Gasteiger partial charge on any atom is 0.257 e. The second kappa shape index (κ2) is 8.51. The van der Waals surface area contributed by atoms with Gasteiger partial charge in [-0.25, -0.2) is 9.37 Å². The summed E-state index contributed by atoms with van der Waals surface area (Å²) in [5.74, 6) is -0.856. The number of aromatic amines is 1. The number of nitrogens with one attached hydrogen (secondary N) is 3. The quantitative estimate of drug-likeness (QED) is 0.362. The van der Waals surface area contributed by atoms with Gasteiger partial charge in [-0.05, 0) is 19.1 Å². The number of halogens is 1. The molecule has 178 valence electrons. The number of hydrogen-bond donors (Lipinski definition) is 3. The first kappa shape index (κ1) is 21.3. The second-order valence-electron chi connectivity index (χ2n) is 8.71. The lowest BCUT2D eigenvalue weighted by Crippen LogP contribution is -2.43. The molecular weight excluding hydrogens is 449 g/mol. The van der Waals surface area contributed by atoms with Crippen LogP contribution in [0, 0.1) is 12.7 Å². The van der Waals surface area contributed by atoms with E-state index in [1.165, 1.54) is 6.07 Å². The summed E-state index contributed by atoms with van der Waals surface area (Å²) in [7, 11) is 0. The van der Waals surface area contributed by atoms with E-state index in [-0.39, 0.29) is 11.6 Å². The van der Waals surface area contributed by atoms with Crippen molar-refractivity contribution in [2.24, 2.45) is 0 Å². The van der Waals surface area contributed by atoms with Crippen LogP contribution >= 0.6 is 0 Å². The number of fused-ring (bicyclic) bond motifs is 2. The number of imidazole rings is 1. The normalized spacial score (nSPS) is 14.2. The van der Waals surface area contributed by atoms with Crippen LogP contribution in [0.4, 0.5) is 15.8 Å². The number of nitrogens with zero attached hydrogens (tertiary/aromatic N) is 6. The highest BCUT2D eigenvalue weighted by Crippen LogP contribution is 2.30. The molecule has 4 aromatic heterocycles. The molecule has 5 aromatic rings. The van der Waals surface area contributed by atoms with Gasteiger partial charge in [0.25, 0.3) is 5.91 Å². The minimum absolute atomic E-state index is 0.223. The molecule has 1 aliphatic heterocycles. The number of pyridine rings is 1. The van der Waals surface area contributed by atoms with Crippen molar-refractivity contribution in [3.63, 3.8) is 0 Å². The average molecular weight is 474 g/mol. The largest absolute Gasteiger partial charge is 0.368 e. The smallest absolute Gasteiger partial charge is 0.257 e. The van der Waals surface area contributed by atoms with Crippen LogP contribution in [0.2, 0.25) is 0 Å². The van der Waals surface area contributed by atoms with E-state index in [1.807, 2.05) is 23.1 Å². The molecule has 5 heterocycles. The predicted molar refractivity (Wildman–Crippen MR) is 130 cm³/mol. The number of piperazine rings is 1. The second-order valence-corrected chi connectivity index (χ2v) is 8.71. The number of carbonyl (C=O) groups excluding carboxylic acids is 1. The topological polar surface area (TPSA) is 108 Å². The first-order chi connectivity index (χ1) is 17.0. The van der Waals surface area contributed by atoms with E-state index in [4.69, 9.17) is 5.10 Å². The maximum atomic E-state index is 14.5. The van der Waals surface area contributed by atoms with Crippen molar-refractivity contribution in [3.8, 4) is 0 Å². The molecule has 1 aromatic carbocycles. The third kappa shape index (κ3) is 3.99. The highest BCUT2D eigenvalue weighted by molar-refractivity contribution is 6.13. The molecular formula is C24H24FN9O. The van der Waals surface area contributed by atoms with Crippen LogP contribution in [0.15, 0.2) is 49.2 Å². The minimum Gasteiger partial charge on any atom is -0.368 e. The van der Waals surface area contributed by atoms with Gasteiger partial charge in [0.15, 0.2) is 11.5 Å². The Morgan fingerprint density at radius 3 is 2.86 bits per heavy atom. The molecule has 10 nitrogen and oxygen atoms in total. The molecule has 1 fully saturated rings. The molecule has 3 N–H and O–H groups in total. The molecule has 35 heavy (non-hydrogen) atoms. The lowest BCUT2D eigenvalue weighted by atomic mass is 10.1. The molecule has 0 spiro atoms. The first-order valence-electron chi connectivity index (χ1n) is 11.4. The van der Waals surface area contributed by atoms with Crippen LogP contribution in [0.3, 0.4) is 0 Å². The van der Waals surface area contributed by atoms with E-state index < -0.39 is 5.82 Å². The van der Waals surface area contributed by atoms with Gasteiger partial charge in [-0.2, -0.15) is 10.2 Å². The van der Waals surface area contributed by atoms with Gasteiger partial charge in [-0.15, -0.1) is 0 Å². The van der Waals surface area contributed by atoms with Gasteiger partial charge in [-0.3, -0.25) is 14.6 Å². The number of anilines is 2. The van der Waals surface area contributed by atoms with E-state index in [1.54, 1.807) is 36.0 Å². The Labute approximate surface area is 199 Å². The third-order valence-corrected chi connectivity index (χ3v) is 6.19. The van der Waals surface area contributed by atoms with Crippen LogP contribution in [0.1, 0.15) is 21.6 Å². The molecule has 1 amide bonds. The van der Waals surface area contributed by atoms with E-state index >= 15 is 0 Å². The Hall–Kier alpha value is -4.25. The highest BCUT2D eigenvalue weighted by Gasteiger charge is 2.21. The summed E-state index contributed by atoms with van der Waals surface area (Å²) in [4.78, 5) is 19.8. The molecule has 0 atom stereocenters. The van der Waals surface area contributed by atoms with Gasteiger partial charge in [0.2, 0.25) is 0 Å². The Morgan fingerprint density at radius 1 is 1.20 bits per heavy atom. The third-order valence-electron chi connectivity index (χ3n) is 6.19. The summed E-state index contributed by atoms with van der Waals surface area (Å²) in [6.07, 6.45) is 8.90. The van der Waals surface area contributed by atoms with Gasteiger partial charge in [-0.1, -0.05) is 0 Å². The number of aromatic nitrogens is 6. The lowest BCUT2D eigenvalue weighted by molar-refractivity contribution is 0.102. The molecule has 11 heteroatoms. The summed E-state index contributed by atoms with van der Waals surface area (Å²) in [5.41, 5.74) is 4.30. The summed E-state index contributed by atoms with van der Waals surface area (Å²) < 4.78 is 17.9. The standard InChI is InChI=1S/C24H24FN9O/c1-15-11-33-13-17(8-20(25)23(33)29-15)30-24(35)18-2-3-21(32-6-4-26-5-7-32)19-14-34(31-22(18)19)12-16-9-27-28-10-16/h2-3,8-11,13-14,26H,4-7,12H2,1H3,(H,27,28)(H,30,35). The van der Waals surface area contributed by atoms with Gasteiger partial charge in [0.1, 0.15) is 5.52 Å². The van der Waals surface area contributed by atoms with E-state index in [0.29, 0.717) is 29.0 Å². The molecule has 0 unspecified atom stereocenters. The van der Waals surface area contributed by atoms with Crippen LogP contribution in [0.5, 0.6) is 0 Å². The number of benzene rings is 1. The van der Waals surface area contributed by atoms with Crippen molar-refractivity contribution in [2.45, 2.75) is 13.5 Å². The van der Waals surface area contributed by atoms with E-state index in [2.05, 4.69) is 30.7 Å². The number of aryl methyl sites for hydroxylation is 1. The van der Waals surface area contributed by atoms with Crippen molar-refractivity contribution < 1.29 is 9.18 Å². The molecule has 0 aliphatic carbocycles. The van der Waals surface area contributed by atoms with Gasteiger partial charge >= 0.3 is 0 Å². The van der Waals surface area contributed by atoms with Crippen molar-refractivity contribution in [3.05, 3.63) is 71.8 Å². The molecule has 0 radical (unpaired) electrons. The fourth-order valence-electron chi connectivity index (χ4n) is 4.58. The van der Waals surface area contributed by atoms with E-state index in [9.17, 15) is 9.18 Å². The SMILES string of the molecule is Cc1cn2cc(NC(=O)c3ccc(N4CCNCC4)c4cn(Cc5cn[nH]c5)nc34)cc(F)c2n1. The summed E-state index contributed by atoms with van der Waals surface area (Å²) in [5, 5.41) is 18.7. The Kier molecular flexibility index (Phi) is 5.18. The first-order valence-corrected chi connectivity index (χ1v) is 11.4. The average Bonchev–Trinajstić information content (AvgIpc) is 3.59. The minimum atomic E-state index is -0.500. The number of hydrogen-bond acceptors (Lipinski definition) is 6. The monoisotopic (exact) mass is 473 g/mol. The number of rotatable bonds is 5. The fraction of sp³-hybridized carbons (Fsp3) is 0.250. The molecule has 0 bridgehead atoms. The predicted octanol–water partition coefficient (Wildman–Crippen LogP) is 2.56. The van der Waals surface area contributed by atoms with Crippen molar-refractivity contribution in [2.75, 3.05) is 36.4 Å². The van der Waals surface area contributed by atoms with Crippen LogP contribution in [-0.4, -0.2) is 61.4 Å². The van der Waals surface area contributed by atoms with Crippen LogP contribution < -0.4 is 15.5 Å².